The van der Waals surface area contributed by atoms with Crippen LogP contribution in [-0.4, -0.2) is 40.5 Å². The number of anilines is 1. The van der Waals surface area contributed by atoms with Gasteiger partial charge in [-0.2, -0.15) is 5.10 Å². The Hall–Kier alpha value is -2.80. The second-order valence-corrected chi connectivity index (χ2v) is 7.23. The van der Waals surface area contributed by atoms with E-state index in [4.69, 9.17) is 0 Å². The Balaban J connectivity index is 1.51. The van der Waals surface area contributed by atoms with E-state index in [2.05, 4.69) is 46.4 Å². The van der Waals surface area contributed by atoms with Gasteiger partial charge in [-0.1, -0.05) is 36.0 Å². The number of hydrogen-bond donors (Lipinski definition) is 1. The van der Waals surface area contributed by atoms with E-state index in [0.29, 0.717) is 0 Å². The summed E-state index contributed by atoms with van der Waals surface area (Å²) in [7, 11) is 1.95. The lowest BCUT2D eigenvalue weighted by atomic mass is 10.2. The van der Waals surface area contributed by atoms with Crippen molar-refractivity contribution >= 4 is 40.6 Å². The molecule has 2 aromatic carbocycles. The first-order chi connectivity index (χ1) is 13.6. The average molecular weight is 396 g/mol. The van der Waals surface area contributed by atoms with Crippen LogP contribution < -0.4 is 10.3 Å². The number of hydrogen-bond acceptors (Lipinski definition) is 5. The van der Waals surface area contributed by atoms with Gasteiger partial charge in [0.15, 0.2) is 5.16 Å². The van der Waals surface area contributed by atoms with E-state index in [-0.39, 0.29) is 11.7 Å². The molecule has 0 bridgehead atoms. The molecule has 146 valence electrons. The Morgan fingerprint density at radius 2 is 1.89 bits per heavy atom. The molecule has 7 heteroatoms. The van der Waals surface area contributed by atoms with Crippen LogP contribution in [-0.2, 0) is 11.8 Å². The third kappa shape index (κ3) is 4.72. The van der Waals surface area contributed by atoms with E-state index in [9.17, 15) is 4.79 Å². The summed E-state index contributed by atoms with van der Waals surface area (Å²) in [6, 6.07) is 16.1. The zero-order valence-corrected chi connectivity index (χ0v) is 17.2. The molecule has 1 heterocycles. The number of aryl methyl sites for hydroxylation is 1. The van der Waals surface area contributed by atoms with Crippen LogP contribution in [0, 0.1) is 0 Å². The number of hydrazone groups is 1. The molecule has 3 rings (SSSR count). The van der Waals surface area contributed by atoms with Crippen molar-refractivity contribution in [1.82, 2.24) is 15.0 Å². The topological polar surface area (TPSA) is 62.5 Å². The fourth-order valence-corrected chi connectivity index (χ4v) is 3.73. The fraction of sp³-hybridized carbons (Fsp3) is 0.286. The number of benzene rings is 2. The third-order valence-corrected chi connectivity index (χ3v) is 5.53. The first-order valence-electron chi connectivity index (χ1n) is 9.33. The summed E-state index contributed by atoms with van der Waals surface area (Å²) in [6.07, 6.45) is 1.66. The summed E-state index contributed by atoms with van der Waals surface area (Å²) in [5.41, 5.74) is 6.69. The van der Waals surface area contributed by atoms with Crippen molar-refractivity contribution in [1.29, 1.82) is 0 Å². The van der Waals surface area contributed by atoms with Crippen molar-refractivity contribution < 1.29 is 4.79 Å². The first-order valence-corrected chi connectivity index (χ1v) is 10.3. The van der Waals surface area contributed by atoms with E-state index in [1.807, 2.05) is 48.0 Å². The van der Waals surface area contributed by atoms with Gasteiger partial charge >= 0.3 is 0 Å². The van der Waals surface area contributed by atoms with Crippen molar-refractivity contribution in [3.05, 3.63) is 54.1 Å². The van der Waals surface area contributed by atoms with Gasteiger partial charge in [-0.15, -0.1) is 0 Å². The summed E-state index contributed by atoms with van der Waals surface area (Å²) in [5, 5.41) is 4.87. The molecule has 0 fully saturated rings. The van der Waals surface area contributed by atoms with Gasteiger partial charge in [0.2, 0.25) is 0 Å². The Morgan fingerprint density at radius 1 is 1.18 bits per heavy atom. The lowest BCUT2D eigenvalue weighted by Gasteiger charge is -2.20. The molecule has 0 aliphatic carbocycles. The molecule has 0 unspecified atom stereocenters. The Bertz CT molecular complexity index is 961. The van der Waals surface area contributed by atoms with Crippen LogP contribution in [0.25, 0.3) is 11.0 Å². The minimum absolute atomic E-state index is 0.159. The highest BCUT2D eigenvalue weighted by molar-refractivity contribution is 7.99. The van der Waals surface area contributed by atoms with E-state index in [0.717, 1.165) is 34.8 Å². The second kappa shape index (κ2) is 9.41. The largest absolute Gasteiger partial charge is 0.372 e. The van der Waals surface area contributed by atoms with Crippen LogP contribution in [0.5, 0.6) is 0 Å². The molecule has 1 amide bonds. The van der Waals surface area contributed by atoms with Gasteiger partial charge in [-0.05, 0) is 43.7 Å². The molecule has 0 spiro atoms. The van der Waals surface area contributed by atoms with Crippen molar-refractivity contribution in [2.24, 2.45) is 12.1 Å². The number of rotatable bonds is 8. The molecule has 3 aromatic rings. The molecule has 0 aliphatic rings. The van der Waals surface area contributed by atoms with Crippen molar-refractivity contribution in [3.8, 4) is 0 Å². The number of imidazole rings is 1. The van der Waals surface area contributed by atoms with Crippen LogP contribution in [0.3, 0.4) is 0 Å². The van der Waals surface area contributed by atoms with Crippen molar-refractivity contribution in [2.45, 2.75) is 19.0 Å². The molecule has 0 radical (unpaired) electrons. The number of carbonyl (C=O) groups excluding carboxylic acids is 1. The second-order valence-electron chi connectivity index (χ2n) is 6.29. The normalized spacial score (nSPS) is 11.2. The molecule has 1 N–H and O–H groups in total. The van der Waals surface area contributed by atoms with Crippen molar-refractivity contribution in [3.63, 3.8) is 0 Å². The predicted molar refractivity (Wildman–Crippen MR) is 117 cm³/mol. The van der Waals surface area contributed by atoms with E-state index >= 15 is 0 Å². The SMILES string of the molecule is CCN(CC)c1ccc(/C=N\NC(=O)CSc2nc3ccccc3n2C)cc1. The van der Waals surface area contributed by atoms with Crippen molar-refractivity contribution in [2.75, 3.05) is 23.7 Å². The smallest absolute Gasteiger partial charge is 0.250 e. The molecule has 0 saturated carbocycles. The maximum atomic E-state index is 12.1. The molecule has 0 atom stereocenters. The van der Waals surface area contributed by atoms with Gasteiger partial charge in [0, 0.05) is 25.8 Å². The molecular formula is C21H25N5OS. The zero-order chi connectivity index (χ0) is 19.9. The highest BCUT2D eigenvalue weighted by Gasteiger charge is 2.09. The number of amides is 1. The van der Waals surface area contributed by atoms with Crippen LogP contribution >= 0.6 is 11.8 Å². The highest BCUT2D eigenvalue weighted by Crippen LogP contribution is 2.22. The quantitative estimate of drug-likeness (QED) is 0.359. The Labute approximate surface area is 169 Å². The maximum absolute atomic E-state index is 12.1. The number of nitrogens with zero attached hydrogens (tertiary/aromatic N) is 4. The highest BCUT2D eigenvalue weighted by atomic mass is 32.2. The number of nitrogens with one attached hydrogen (secondary N) is 1. The third-order valence-electron chi connectivity index (χ3n) is 4.50. The number of thioether (sulfide) groups is 1. The van der Waals surface area contributed by atoms with E-state index in [1.165, 1.54) is 17.4 Å². The van der Waals surface area contributed by atoms with Crippen LogP contribution in [0.4, 0.5) is 5.69 Å². The molecule has 6 nitrogen and oxygen atoms in total. The van der Waals surface area contributed by atoms with Gasteiger partial charge in [0.1, 0.15) is 0 Å². The van der Waals surface area contributed by atoms with Gasteiger partial charge in [-0.3, -0.25) is 4.79 Å². The summed E-state index contributed by atoms with van der Waals surface area (Å²) in [4.78, 5) is 18.9. The minimum atomic E-state index is -0.159. The van der Waals surface area contributed by atoms with Gasteiger partial charge in [0.25, 0.3) is 5.91 Å². The molecular weight excluding hydrogens is 370 g/mol. The molecule has 0 saturated heterocycles. The number of para-hydroxylation sites is 2. The minimum Gasteiger partial charge on any atom is -0.372 e. The monoisotopic (exact) mass is 395 g/mol. The number of carbonyl (C=O) groups is 1. The maximum Gasteiger partial charge on any atom is 0.250 e. The van der Waals surface area contributed by atoms with E-state index in [1.54, 1.807) is 6.21 Å². The lowest BCUT2D eigenvalue weighted by molar-refractivity contribution is -0.118. The van der Waals surface area contributed by atoms with Gasteiger partial charge in [-0.25, -0.2) is 10.4 Å². The lowest BCUT2D eigenvalue weighted by Crippen LogP contribution is -2.21. The van der Waals surface area contributed by atoms with Gasteiger partial charge < -0.3 is 9.47 Å². The van der Waals surface area contributed by atoms with Gasteiger partial charge in [0.05, 0.1) is 23.0 Å². The summed E-state index contributed by atoms with van der Waals surface area (Å²) in [5.74, 6) is 0.100. The molecule has 1 aromatic heterocycles. The van der Waals surface area contributed by atoms with Crippen LogP contribution in [0.2, 0.25) is 0 Å². The van der Waals surface area contributed by atoms with Crippen LogP contribution in [0.15, 0.2) is 58.8 Å². The summed E-state index contributed by atoms with van der Waals surface area (Å²) < 4.78 is 1.99. The predicted octanol–water partition coefficient (Wildman–Crippen LogP) is 3.66. The van der Waals surface area contributed by atoms with E-state index < -0.39 is 0 Å². The summed E-state index contributed by atoms with van der Waals surface area (Å²) >= 11 is 1.40. The number of fused-ring (bicyclic) bond motifs is 1. The molecule has 28 heavy (non-hydrogen) atoms. The molecule has 0 aliphatic heterocycles. The van der Waals surface area contributed by atoms with Crippen LogP contribution in [0.1, 0.15) is 19.4 Å². The zero-order valence-electron chi connectivity index (χ0n) is 16.4. The first kappa shape index (κ1) is 19.9. The average Bonchev–Trinajstić information content (AvgIpc) is 3.04. The number of aromatic nitrogens is 2. The Morgan fingerprint density at radius 3 is 2.57 bits per heavy atom. The summed E-state index contributed by atoms with van der Waals surface area (Å²) in [6.45, 7) is 6.23. The Kier molecular flexibility index (Phi) is 6.71. The standard InChI is InChI=1S/C21H25N5OS/c1-4-26(5-2)17-12-10-16(11-13-17)14-22-24-20(27)15-28-21-23-18-8-6-7-9-19(18)25(21)3/h6-14H,4-5,15H2,1-3H3,(H,24,27)/b22-14-. The fourth-order valence-electron chi connectivity index (χ4n) is 2.95.